The molecule has 0 bridgehead atoms. The first kappa shape index (κ1) is 17.9. The van der Waals surface area contributed by atoms with E-state index in [0.29, 0.717) is 22.3 Å². The number of nitrogens with zero attached hydrogens (tertiary/aromatic N) is 4. The molecular weight excluding hydrogens is 384 g/mol. The second-order valence-electron chi connectivity index (χ2n) is 7.27. The van der Waals surface area contributed by atoms with Crippen molar-refractivity contribution in [2.24, 2.45) is 0 Å². The Hall–Kier alpha value is -3.18. The maximum Gasteiger partial charge on any atom is 0.165 e. The fourth-order valence-corrected chi connectivity index (χ4v) is 4.12. The average Bonchev–Trinajstić information content (AvgIpc) is 3.24. The molecule has 1 saturated heterocycles. The Morgan fingerprint density at radius 2 is 1.93 bits per heavy atom. The number of phenolic OH excluding ortho intramolecular Hbond substituents is 1. The van der Waals surface area contributed by atoms with Crippen molar-refractivity contribution in [1.82, 2.24) is 15.0 Å². The Morgan fingerprint density at radius 3 is 2.76 bits per heavy atom. The van der Waals surface area contributed by atoms with E-state index in [-0.39, 0.29) is 5.75 Å². The molecule has 4 aromatic rings. The van der Waals surface area contributed by atoms with Crippen LogP contribution in [-0.4, -0.2) is 33.1 Å². The number of fused-ring (bicyclic) bond motifs is 1. The molecule has 0 amide bonds. The van der Waals surface area contributed by atoms with Crippen LogP contribution < -0.4 is 4.90 Å². The van der Waals surface area contributed by atoms with Crippen LogP contribution in [0.2, 0.25) is 5.02 Å². The topological polar surface area (TPSA) is 62.1 Å². The third-order valence-corrected chi connectivity index (χ3v) is 5.66. The van der Waals surface area contributed by atoms with E-state index in [1.54, 1.807) is 18.3 Å². The summed E-state index contributed by atoms with van der Waals surface area (Å²) in [6, 6.07) is 16.9. The van der Waals surface area contributed by atoms with Crippen molar-refractivity contribution in [2.45, 2.75) is 12.3 Å². The van der Waals surface area contributed by atoms with Crippen LogP contribution in [0, 0.1) is 0 Å². The summed E-state index contributed by atoms with van der Waals surface area (Å²) in [7, 11) is 0. The first-order valence-corrected chi connectivity index (χ1v) is 9.97. The minimum atomic E-state index is 0.162. The van der Waals surface area contributed by atoms with Gasteiger partial charge in [-0.1, -0.05) is 29.8 Å². The normalized spacial score (nSPS) is 16.4. The Kier molecular flexibility index (Phi) is 4.52. The van der Waals surface area contributed by atoms with Gasteiger partial charge in [0.2, 0.25) is 0 Å². The Labute approximate surface area is 173 Å². The molecule has 2 aromatic heterocycles. The fourth-order valence-electron chi connectivity index (χ4n) is 3.95. The number of para-hydroxylation sites is 1. The van der Waals surface area contributed by atoms with E-state index in [0.717, 1.165) is 36.2 Å². The number of pyridine rings is 1. The van der Waals surface area contributed by atoms with Gasteiger partial charge in [-0.05, 0) is 48.4 Å². The molecule has 6 heteroatoms. The lowest BCUT2D eigenvalue weighted by Crippen LogP contribution is -2.21. The molecule has 0 aliphatic carbocycles. The molecule has 1 fully saturated rings. The number of anilines is 1. The third kappa shape index (κ3) is 3.38. The second kappa shape index (κ2) is 7.33. The molecule has 1 aliphatic rings. The molecule has 3 heterocycles. The number of halogens is 1. The number of rotatable bonds is 3. The standard InChI is InChI=1S/C23H19ClN4O/c24-17-7-8-18-20(12-17)26-22(19-5-1-2-6-21(19)29)27-23(18)28-11-9-16(14-28)15-4-3-10-25-13-15/h1-8,10,12-13,16,29H,9,11,14H2. The molecule has 1 aliphatic heterocycles. The summed E-state index contributed by atoms with van der Waals surface area (Å²) in [5.74, 6) is 1.94. The molecular formula is C23H19ClN4O. The lowest BCUT2D eigenvalue weighted by atomic mass is 10.0. The lowest BCUT2D eigenvalue weighted by Gasteiger charge is -2.20. The van der Waals surface area contributed by atoms with Crippen molar-refractivity contribution in [3.05, 3.63) is 77.6 Å². The van der Waals surface area contributed by atoms with Gasteiger partial charge in [-0.25, -0.2) is 9.97 Å². The number of aromatic hydroxyl groups is 1. The molecule has 144 valence electrons. The molecule has 0 saturated carbocycles. The first-order valence-electron chi connectivity index (χ1n) is 9.59. The Morgan fingerprint density at radius 1 is 1.03 bits per heavy atom. The summed E-state index contributed by atoms with van der Waals surface area (Å²) < 4.78 is 0. The zero-order chi connectivity index (χ0) is 19.8. The fraction of sp³-hybridized carbons (Fsp3) is 0.174. The highest BCUT2D eigenvalue weighted by Crippen LogP contribution is 2.36. The molecule has 1 N–H and O–H groups in total. The van der Waals surface area contributed by atoms with Crippen LogP contribution in [0.25, 0.3) is 22.3 Å². The van der Waals surface area contributed by atoms with Crippen molar-refractivity contribution < 1.29 is 5.11 Å². The summed E-state index contributed by atoms with van der Waals surface area (Å²) in [6.45, 7) is 1.76. The molecule has 0 spiro atoms. The Balaban J connectivity index is 1.60. The summed E-state index contributed by atoms with van der Waals surface area (Å²) in [5, 5.41) is 11.9. The number of phenols is 1. The minimum absolute atomic E-state index is 0.162. The smallest absolute Gasteiger partial charge is 0.165 e. The van der Waals surface area contributed by atoms with Gasteiger partial charge >= 0.3 is 0 Å². The van der Waals surface area contributed by atoms with Gasteiger partial charge in [0.15, 0.2) is 5.82 Å². The van der Waals surface area contributed by atoms with Crippen molar-refractivity contribution >= 4 is 28.3 Å². The second-order valence-corrected chi connectivity index (χ2v) is 7.70. The van der Waals surface area contributed by atoms with E-state index in [4.69, 9.17) is 16.6 Å². The number of hydrogen-bond acceptors (Lipinski definition) is 5. The van der Waals surface area contributed by atoms with Gasteiger partial charge in [-0.3, -0.25) is 4.98 Å². The lowest BCUT2D eigenvalue weighted by molar-refractivity contribution is 0.477. The quantitative estimate of drug-likeness (QED) is 0.519. The number of hydrogen-bond donors (Lipinski definition) is 1. The predicted octanol–water partition coefficient (Wildman–Crippen LogP) is 5.04. The van der Waals surface area contributed by atoms with E-state index in [2.05, 4.69) is 20.9 Å². The van der Waals surface area contributed by atoms with Gasteiger partial charge in [-0.15, -0.1) is 0 Å². The van der Waals surface area contributed by atoms with Gasteiger partial charge in [0.1, 0.15) is 11.6 Å². The minimum Gasteiger partial charge on any atom is -0.507 e. The number of benzene rings is 2. The zero-order valence-corrected chi connectivity index (χ0v) is 16.4. The van der Waals surface area contributed by atoms with Crippen LogP contribution in [-0.2, 0) is 0 Å². The van der Waals surface area contributed by atoms with Gasteiger partial charge in [0.05, 0.1) is 11.1 Å². The van der Waals surface area contributed by atoms with Crippen LogP contribution in [0.1, 0.15) is 17.9 Å². The largest absolute Gasteiger partial charge is 0.507 e. The van der Waals surface area contributed by atoms with E-state index in [9.17, 15) is 5.11 Å². The highest BCUT2D eigenvalue weighted by atomic mass is 35.5. The summed E-state index contributed by atoms with van der Waals surface area (Å²) >= 11 is 6.23. The van der Waals surface area contributed by atoms with Crippen LogP contribution in [0.5, 0.6) is 5.75 Å². The first-order chi connectivity index (χ1) is 14.2. The molecule has 5 nitrogen and oxygen atoms in total. The molecule has 1 atom stereocenters. The van der Waals surface area contributed by atoms with E-state index >= 15 is 0 Å². The van der Waals surface area contributed by atoms with Crippen LogP contribution in [0.15, 0.2) is 67.0 Å². The molecule has 0 radical (unpaired) electrons. The summed E-state index contributed by atoms with van der Waals surface area (Å²) in [4.78, 5) is 16.1. The molecule has 5 rings (SSSR count). The maximum absolute atomic E-state index is 10.3. The summed E-state index contributed by atoms with van der Waals surface area (Å²) in [6.07, 6.45) is 4.78. The van der Waals surface area contributed by atoms with Crippen LogP contribution >= 0.6 is 11.6 Å². The molecule has 1 unspecified atom stereocenters. The molecule has 29 heavy (non-hydrogen) atoms. The highest BCUT2D eigenvalue weighted by molar-refractivity contribution is 6.31. The monoisotopic (exact) mass is 402 g/mol. The van der Waals surface area contributed by atoms with E-state index in [1.165, 1.54) is 5.56 Å². The zero-order valence-electron chi connectivity index (χ0n) is 15.7. The highest BCUT2D eigenvalue weighted by Gasteiger charge is 2.27. The number of aromatic nitrogens is 3. The predicted molar refractivity (Wildman–Crippen MR) is 115 cm³/mol. The molecule has 2 aromatic carbocycles. The average molecular weight is 403 g/mol. The van der Waals surface area contributed by atoms with Gasteiger partial charge in [-0.2, -0.15) is 0 Å². The van der Waals surface area contributed by atoms with Gasteiger partial charge in [0.25, 0.3) is 0 Å². The Bertz CT molecular complexity index is 1180. The maximum atomic E-state index is 10.3. The van der Waals surface area contributed by atoms with E-state index < -0.39 is 0 Å². The SMILES string of the molecule is Oc1ccccc1-c1nc(N2CCC(c3cccnc3)C2)c2ccc(Cl)cc2n1. The summed E-state index contributed by atoms with van der Waals surface area (Å²) in [5.41, 5.74) is 2.63. The van der Waals surface area contributed by atoms with Crippen LogP contribution in [0.4, 0.5) is 5.82 Å². The van der Waals surface area contributed by atoms with Crippen molar-refractivity contribution in [2.75, 3.05) is 18.0 Å². The van der Waals surface area contributed by atoms with Gasteiger partial charge in [0, 0.05) is 41.8 Å². The van der Waals surface area contributed by atoms with E-state index in [1.807, 2.05) is 42.6 Å². The third-order valence-electron chi connectivity index (χ3n) is 5.43. The van der Waals surface area contributed by atoms with Crippen molar-refractivity contribution in [1.29, 1.82) is 0 Å². The van der Waals surface area contributed by atoms with Crippen molar-refractivity contribution in [3.63, 3.8) is 0 Å². The van der Waals surface area contributed by atoms with Crippen molar-refractivity contribution in [3.8, 4) is 17.1 Å². The van der Waals surface area contributed by atoms with Gasteiger partial charge < -0.3 is 10.0 Å². The van der Waals surface area contributed by atoms with Crippen LogP contribution in [0.3, 0.4) is 0 Å².